The number of halogens is 1. The van der Waals surface area contributed by atoms with Crippen LogP contribution in [0.4, 0.5) is 0 Å². The molecule has 0 saturated heterocycles. The monoisotopic (exact) mass is 322 g/mol. The third-order valence-corrected chi connectivity index (χ3v) is 4.30. The minimum atomic E-state index is 0.267. The first-order valence-electron chi connectivity index (χ1n) is 6.87. The van der Waals surface area contributed by atoms with Crippen LogP contribution in [0.3, 0.4) is 0 Å². The SMILES string of the molecule is CCOc1ccc(C(CSc2ccc(Cl)cn2)NC)cc1. The maximum Gasteiger partial charge on any atom is 0.119 e. The highest BCUT2D eigenvalue weighted by Gasteiger charge is 2.10. The zero-order chi connectivity index (χ0) is 15.1. The van der Waals surface area contributed by atoms with Crippen molar-refractivity contribution < 1.29 is 4.74 Å². The van der Waals surface area contributed by atoms with Crippen LogP contribution in [-0.4, -0.2) is 24.4 Å². The highest BCUT2D eigenvalue weighted by atomic mass is 35.5. The summed E-state index contributed by atoms with van der Waals surface area (Å²) in [6.45, 7) is 2.67. The molecule has 21 heavy (non-hydrogen) atoms. The Bertz CT molecular complexity index is 545. The number of benzene rings is 1. The van der Waals surface area contributed by atoms with Crippen LogP contribution in [0.15, 0.2) is 47.6 Å². The van der Waals surface area contributed by atoms with Crippen LogP contribution in [0.5, 0.6) is 5.75 Å². The summed E-state index contributed by atoms with van der Waals surface area (Å²) in [4.78, 5) is 4.30. The zero-order valence-electron chi connectivity index (χ0n) is 12.2. The average Bonchev–Trinajstić information content (AvgIpc) is 2.51. The quantitative estimate of drug-likeness (QED) is 0.775. The molecular weight excluding hydrogens is 304 g/mol. The lowest BCUT2D eigenvalue weighted by atomic mass is 10.1. The van der Waals surface area contributed by atoms with Crippen LogP contribution in [0, 0.1) is 0 Å². The molecule has 0 bridgehead atoms. The van der Waals surface area contributed by atoms with Crippen molar-refractivity contribution in [3.8, 4) is 5.75 Å². The fourth-order valence-electron chi connectivity index (χ4n) is 1.93. The number of pyridine rings is 1. The zero-order valence-corrected chi connectivity index (χ0v) is 13.7. The fraction of sp³-hybridized carbons (Fsp3) is 0.312. The second-order valence-electron chi connectivity index (χ2n) is 4.47. The van der Waals surface area contributed by atoms with E-state index in [1.165, 1.54) is 5.56 Å². The number of ether oxygens (including phenoxy) is 1. The largest absolute Gasteiger partial charge is 0.494 e. The van der Waals surface area contributed by atoms with E-state index in [0.29, 0.717) is 11.6 Å². The van der Waals surface area contributed by atoms with E-state index in [1.54, 1.807) is 18.0 Å². The molecule has 0 radical (unpaired) electrons. The van der Waals surface area contributed by atoms with Gasteiger partial charge in [0.25, 0.3) is 0 Å². The predicted molar refractivity (Wildman–Crippen MR) is 89.4 cm³/mol. The molecule has 0 fully saturated rings. The lowest BCUT2D eigenvalue weighted by Gasteiger charge is -2.16. The summed E-state index contributed by atoms with van der Waals surface area (Å²) in [6, 6.07) is 12.3. The van der Waals surface area contributed by atoms with Crippen LogP contribution in [0.2, 0.25) is 5.02 Å². The van der Waals surface area contributed by atoms with Gasteiger partial charge in [-0.15, -0.1) is 11.8 Å². The summed E-state index contributed by atoms with van der Waals surface area (Å²) >= 11 is 7.55. The van der Waals surface area contributed by atoms with E-state index in [0.717, 1.165) is 16.5 Å². The smallest absolute Gasteiger partial charge is 0.119 e. The van der Waals surface area contributed by atoms with Crippen molar-refractivity contribution in [2.45, 2.75) is 18.0 Å². The lowest BCUT2D eigenvalue weighted by molar-refractivity contribution is 0.340. The Kier molecular flexibility index (Phi) is 6.36. The molecule has 0 aliphatic heterocycles. The van der Waals surface area contributed by atoms with Crippen molar-refractivity contribution in [2.24, 2.45) is 0 Å². The van der Waals surface area contributed by atoms with Gasteiger partial charge in [0.05, 0.1) is 16.7 Å². The number of thioether (sulfide) groups is 1. The predicted octanol–water partition coefficient (Wildman–Crippen LogP) is 4.19. The highest BCUT2D eigenvalue weighted by molar-refractivity contribution is 7.99. The van der Waals surface area contributed by atoms with Gasteiger partial charge in [-0.2, -0.15) is 0 Å². The molecule has 1 aromatic carbocycles. The summed E-state index contributed by atoms with van der Waals surface area (Å²) in [5, 5.41) is 4.98. The van der Waals surface area contributed by atoms with E-state index in [4.69, 9.17) is 16.3 Å². The van der Waals surface area contributed by atoms with E-state index in [9.17, 15) is 0 Å². The molecule has 5 heteroatoms. The summed E-state index contributed by atoms with van der Waals surface area (Å²) < 4.78 is 5.47. The number of nitrogens with one attached hydrogen (secondary N) is 1. The second-order valence-corrected chi connectivity index (χ2v) is 5.95. The van der Waals surface area contributed by atoms with Crippen molar-refractivity contribution in [3.05, 3.63) is 53.2 Å². The second kappa shape index (κ2) is 8.27. The number of aromatic nitrogens is 1. The molecule has 2 aromatic rings. The van der Waals surface area contributed by atoms with Crippen molar-refractivity contribution >= 4 is 23.4 Å². The van der Waals surface area contributed by atoms with Crippen LogP contribution in [-0.2, 0) is 0 Å². The maximum atomic E-state index is 5.84. The van der Waals surface area contributed by atoms with Gasteiger partial charge in [0.15, 0.2) is 0 Å². The molecule has 0 saturated carbocycles. The Morgan fingerprint density at radius 1 is 1.24 bits per heavy atom. The van der Waals surface area contributed by atoms with E-state index >= 15 is 0 Å². The van der Waals surface area contributed by atoms with E-state index in [1.807, 2.05) is 38.2 Å². The lowest BCUT2D eigenvalue weighted by Crippen LogP contribution is -2.18. The topological polar surface area (TPSA) is 34.1 Å². The minimum Gasteiger partial charge on any atom is -0.494 e. The Labute approximate surface area is 135 Å². The van der Waals surface area contributed by atoms with Crippen molar-refractivity contribution in [1.29, 1.82) is 0 Å². The van der Waals surface area contributed by atoms with Gasteiger partial charge < -0.3 is 10.1 Å². The first-order valence-corrected chi connectivity index (χ1v) is 8.23. The summed E-state index contributed by atoms with van der Waals surface area (Å²) in [5.41, 5.74) is 1.24. The van der Waals surface area contributed by atoms with Gasteiger partial charge in [0, 0.05) is 18.0 Å². The molecule has 1 N–H and O–H groups in total. The first kappa shape index (κ1) is 16.1. The molecule has 0 aliphatic rings. The number of nitrogens with zero attached hydrogens (tertiary/aromatic N) is 1. The molecule has 0 aliphatic carbocycles. The van der Waals surface area contributed by atoms with Crippen LogP contribution < -0.4 is 10.1 Å². The van der Waals surface area contributed by atoms with Gasteiger partial charge in [-0.1, -0.05) is 23.7 Å². The Morgan fingerprint density at radius 2 is 2.00 bits per heavy atom. The Balaban J connectivity index is 1.97. The number of hydrogen-bond donors (Lipinski definition) is 1. The molecule has 0 amide bonds. The Morgan fingerprint density at radius 3 is 2.57 bits per heavy atom. The molecule has 1 atom stereocenters. The summed E-state index contributed by atoms with van der Waals surface area (Å²) in [6.07, 6.45) is 1.68. The average molecular weight is 323 g/mol. The molecule has 1 aromatic heterocycles. The van der Waals surface area contributed by atoms with E-state index in [-0.39, 0.29) is 6.04 Å². The van der Waals surface area contributed by atoms with Crippen molar-refractivity contribution in [2.75, 3.05) is 19.4 Å². The van der Waals surface area contributed by atoms with Gasteiger partial charge in [0.2, 0.25) is 0 Å². The van der Waals surface area contributed by atoms with E-state index < -0.39 is 0 Å². The number of rotatable bonds is 7. The van der Waals surface area contributed by atoms with Gasteiger partial charge in [-0.05, 0) is 43.8 Å². The van der Waals surface area contributed by atoms with Gasteiger partial charge in [-0.25, -0.2) is 4.98 Å². The van der Waals surface area contributed by atoms with Crippen LogP contribution in [0.1, 0.15) is 18.5 Å². The number of hydrogen-bond acceptors (Lipinski definition) is 4. The Hall–Kier alpha value is -1.23. The van der Waals surface area contributed by atoms with E-state index in [2.05, 4.69) is 22.4 Å². The molecule has 1 unspecified atom stereocenters. The highest BCUT2D eigenvalue weighted by Crippen LogP contribution is 2.25. The molecule has 3 nitrogen and oxygen atoms in total. The van der Waals surface area contributed by atoms with Gasteiger partial charge in [-0.3, -0.25) is 0 Å². The summed E-state index contributed by atoms with van der Waals surface area (Å²) in [7, 11) is 1.97. The molecule has 1 heterocycles. The van der Waals surface area contributed by atoms with Crippen LogP contribution in [0.25, 0.3) is 0 Å². The standard InChI is InChI=1S/C16H19ClN2OS/c1-3-20-14-7-4-12(5-8-14)15(18-2)11-21-16-9-6-13(17)10-19-16/h4-10,15,18H,3,11H2,1-2H3. The normalized spacial score (nSPS) is 12.1. The molecule has 0 spiro atoms. The minimum absolute atomic E-state index is 0.267. The maximum absolute atomic E-state index is 5.84. The van der Waals surface area contributed by atoms with Crippen LogP contribution >= 0.6 is 23.4 Å². The third-order valence-electron chi connectivity index (χ3n) is 3.04. The fourth-order valence-corrected chi connectivity index (χ4v) is 3.03. The molecular formula is C16H19ClN2OS. The van der Waals surface area contributed by atoms with Crippen molar-refractivity contribution in [3.63, 3.8) is 0 Å². The van der Waals surface area contributed by atoms with Crippen molar-refractivity contribution in [1.82, 2.24) is 10.3 Å². The van der Waals surface area contributed by atoms with Gasteiger partial charge in [0.1, 0.15) is 5.75 Å². The molecule has 2 rings (SSSR count). The first-order chi connectivity index (χ1) is 10.2. The summed E-state index contributed by atoms with van der Waals surface area (Å²) in [5.74, 6) is 1.81. The molecule has 112 valence electrons. The van der Waals surface area contributed by atoms with Gasteiger partial charge >= 0.3 is 0 Å². The third kappa shape index (κ3) is 4.92.